The lowest BCUT2D eigenvalue weighted by Gasteiger charge is -2.06. The van der Waals surface area contributed by atoms with Crippen LogP contribution in [0.2, 0.25) is 0 Å². The first-order valence-electron chi connectivity index (χ1n) is 6.17. The van der Waals surface area contributed by atoms with Crippen molar-refractivity contribution >= 4 is 27.3 Å². The second kappa shape index (κ2) is 5.85. The van der Waals surface area contributed by atoms with Gasteiger partial charge in [0.1, 0.15) is 5.82 Å². The standard InChI is InChI=1S/C13H16ClN3O2S/c1-3-17-9-13(15-10(17)2)20(18,19)16-12-6-4-11(8-14)5-7-12/h4-7,9,16H,3,8H2,1-2H3. The summed E-state index contributed by atoms with van der Waals surface area (Å²) < 4.78 is 28.7. The lowest BCUT2D eigenvalue weighted by molar-refractivity contribution is 0.598. The average molecular weight is 314 g/mol. The Hall–Kier alpha value is -1.53. The molecule has 108 valence electrons. The average Bonchev–Trinajstić information content (AvgIpc) is 2.81. The number of aromatic nitrogens is 2. The van der Waals surface area contributed by atoms with Crippen LogP contribution in [0.5, 0.6) is 0 Å². The molecule has 0 aliphatic carbocycles. The number of nitrogens with zero attached hydrogens (tertiary/aromatic N) is 2. The highest BCUT2D eigenvalue weighted by Crippen LogP contribution is 2.17. The molecule has 1 heterocycles. The molecule has 2 aromatic rings. The molecule has 0 aliphatic heterocycles. The van der Waals surface area contributed by atoms with E-state index in [1.807, 2.05) is 6.92 Å². The number of hydrogen-bond acceptors (Lipinski definition) is 3. The third-order valence-electron chi connectivity index (χ3n) is 2.93. The van der Waals surface area contributed by atoms with Gasteiger partial charge in [0, 0.05) is 24.3 Å². The summed E-state index contributed by atoms with van der Waals surface area (Å²) in [7, 11) is -3.66. The van der Waals surface area contributed by atoms with E-state index in [0.717, 1.165) is 5.56 Å². The number of imidazole rings is 1. The van der Waals surface area contributed by atoms with Gasteiger partial charge in [-0.15, -0.1) is 11.6 Å². The fraction of sp³-hybridized carbons (Fsp3) is 0.308. The highest BCUT2D eigenvalue weighted by Gasteiger charge is 2.18. The SMILES string of the molecule is CCn1cc(S(=O)(=O)Nc2ccc(CCl)cc2)nc1C. The van der Waals surface area contributed by atoms with E-state index in [2.05, 4.69) is 9.71 Å². The third-order valence-corrected chi connectivity index (χ3v) is 4.49. The van der Waals surface area contributed by atoms with E-state index in [9.17, 15) is 8.42 Å². The first-order valence-corrected chi connectivity index (χ1v) is 8.19. The third kappa shape index (κ3) is 3.13. The number of hydrogen-bond donors (Lipinski definition) is 1. The van der Waals surface area contributed by atoms with Crippen molar-refractivity contribution in [3.8, 4) is 0 Å². The van der Waals surface area contributed by atoms with Gasteiger partial charge >= 0.3 is 0 Å². The summed E-state index contributed by atoms with van der Waals surface area (Å²) in [6, 6.07) is 6.92. The Balaban J connectivity index is 2.25. The van der Waals surface area contributed by atoms with Gasteiger partial charge in [-0.05, 0) is 31.5 Å². The van der Waals surface area contributed by atoms with Crippen molar-refractivity contribution in [1.29, 1.82) is 0 Å². The minimum atomic E-state index is -3.66. The summed E-state index contributed by atoms with van der Waals surface area (Å²) in [6.07, 6.45) is 1.53. The normalized spacial score (nSPS) is 11.6. The van der Waals surface area contributed by atoms with Gasteiger partial charge in [0.2, 0.25) is 0 Å². The number of rotatable bonds is 5. The van der Waals surface area contributed by atoms with Gasteiger partial charge in [-0.3, -0.25) is 4.72 Å². The molecule has 0 saturated carbocycles. The summed E-state index contributed by atoms with van der Waals surface area (Å²) in [5.74, 6) is 1.07. The van der Waals surface area contributed by atoms with E-state index in [1.165, 1.54) is 6.20 Å². The van der Waals surface area contributed by atoms with Crippen LogP contribution in [-0.4, -0.2) is 18.0 Å². The van der Waals surface area contributed by atoms with Crippen molar-refractivity contribution in [3.63, 3.8) is 0 Å². The molecule has 0 spiro atoms. The fourth-order valence-electron chi connectivity index (χ4n) is 1.80. The zero-order chi connectivity index (χ0) is 14.8. The molecule has 7 heteroatoms. The van der Waals surface area contributed by atoms with E-state index in [1.54, 1.807) is 35.8 Å². The topological polar surface area (TPSA) is 64.0 Å². The molecular weight excluding hydrogens is 298 g/mol. The lowest BCUT2D eigenvalue weighted by atomic mass is 10.2. The molecular formula is C13H16ClN3O2S. The minimum Gasteiger partial charge on any atom is -0.334 e. The molecule has 0 bridgehead atoms. The maximum absolute atomic E-state index is 12.2. The Morgan fingerprint density at radius 2 is 1.95 bits per heavy atom. The largest absolute Gasteiger partial charge is 0.334 e. The molecule has 5 nitrogen and oxygen atoms in total. The molecule has 1 aromatic carbocycles. The molecule has 0 aliphatic rings. The van der Waals surface area contributed by atoms with Gasteiger partial charge < -0.3 is 4.57 Å². The zero-order valence-corrected chi connectivity index (χ0v) is 12.9. The van der Waals surface area contributed by atoms with Crippen LogP contribution in [0.1, 0.15) is 18.3 Å². The van der Waals surface area contributed by atoms with Crippen molar-refractivity contribution in [2.45, 2.75) is 31.3 Å². The molecule has 0 amide bonds. The Labute approximate surface area is 123 Å². The van der Waals surface area contributed by atoms with Crippen LogP contribution in [0, 0.1) is 6.92 Å². The van der Waals surface area contributed by atoms with Crippen LogP contribution in [0.3, 0.4) is 0 Å². The maximum atomic E-state index is 12.2. The quantitative estimate of drug-likeness (QED) is 0.863. The second-order valence-electron chi connectivity index (χ2n) is 4.35. The highest BCUT2D eigenvalue weighted by atomic mass is 35.5. The van der Waals surface area contributed by atoms with Crippen molar-refractivity contribution in [1.82, 2.24) is 9.55 Å². The number of aryl methyl sites for hydroxylation is 2. The number of benzene rings is 1. The van der Waals surface area contributed by atoms with Crippen LogP contribution >= 0.6 is 11.6 Å². The fourth-order valence-corrected chi connectivity index (χ4v) is 3.05. The van der Waals surface area contributed by atoms with Gasteiger partial charge in [0.15, 0.2) is 5.03 Å². The van der Waals surface area contributed by atoms with Gasteiger partial charge in [-0.25, -0.2) is 4.98 Å². The smallest absolute Gasteiger partial charge is 0.280 e. The number of alkyl halides is 1. The molecule has 0 radical (unpaired) electrons. The first-order chi connectivity index (χ1) is 9.46. The van der Waals surface area contributed by atoms with Gasteiger partial charge in [0.05, 0.1) is 0 Å². The van der Waals surface area contributed by atoms with E-state index < -0.39 is 10.0 Å². The number of nitrogens with one attached hydrogen (secondary N) is 1. The molecule has 0 fully saturated rings. The van der Waals surface area contributed by atoms with E-state index in [-0.39, 0.29) is 5.03 Å². The Morgan fingerprint density at radius 1 is 1.30 bits per heavy atom. The lowest BCUT2D eigenvalue weighted by Crippen LogP contribution is -2.13. The van der Waals surface area contributed by atoms with Gasteiger partial charge in [-0.1, -0.05) is 12.1 Å². The maximum Gasteiger partial charge on any atom is 0.280 e. The summed E-state index contributed by atoms with van der Waals surface area (Å²) in [5.41, 5.74) is 1.42. The monoisotopic (exact) mass is 313 g/mol. The summed E-state index contributed by atoms with van der Waals surface area (Å²) in [5, 5.41) is 0.0262. The molecule has 2 rings (SSSR count). The Kier molecular flexibility index (Phi) is 4.35. The Morgan fingerprint density at radius 3 is 2.45 bits per heavy atom. The van der Waals surface area contributed by atoms with Crippen LogP contribution in [-0.2, 0) is 22.4 Å². The van der Waals surface area contributed by atoms with Crippen LogP contribution in [0.15, 0.2) is 35.5 Å². The van der Waals surface area contributed by atoms with E-state index in [4.69, 9.17) is 11.6 Å². The van der Waals surface area contributed by atoms with E-state index >= 15 is 0 Å². The summed E-state index contributed by atoms with van der Waals surface area (Å²) in [4.78, 5) is 4.07. The highest BCUT2D eigenvalue weighted by molar-refractivity contribution is 7.92. The molecule has 1 aromatic heterocycles. The van der Waals surface area contributed by atoms with Crippen LogP contribution < -0.4 is 4.72 Å². The molecule has 0 saturated heterocycles. The summed E-state index contributed by atoms with van der Waals surface area (Å²) in [6.45, 7) is 4.39. The van der Waals surface area contributed by atoms with Crippen molar-refractivity contribution in [2.24, 2.45) is 0 Å². The van der Waals surface area contributed by atoms with Crippen molar-refractivity contribution < 1.29 is 8.42 Å². The number of halogens is 1. The molecule has 20 heavy (non-hydrogen) atoms. The van der Waals surface area contributed by atoms with Gasteiger partial charge in [-0.2, -0.15) is 8.42 Å². The summed E-state index contributed by atoms with van der Waals surface area (Å²) >= 11 is 5.69. The van der Waals surface area contributed by atoms with Crippen LogP contribution in [0.25, 0.3) is 0 Å². The Bertz CT molecular complexity index is 693. The molecule has 0 atom stereocenters. The second-order valence-corrected chi connectivity index (χ2v) is 6.24. The van der Waals surface area contributed by atoms with Crippen LogP contribution in [0.4, 0.5) is 5.69 Å². The molecule has 0 unspecified atom stereocenters. The van der Waals surface area contributed by atoms with Crippen molar-refractivity contribution in [2.75, 3.05) is 4.72 Å². The number of anilines is 1. The predicted molar refractivity (Wildman–Crippen MR) is 79.4 cm³/mol. The predicted octanol–water partition coefficient (Wildman–Crippen LogP) is 2.75. The number of sulfonamides is 1. The van der Waals surface area contributed by atoms with Gasteiger partial charge in [0.25, 0.3) is 10.0 Å². The van der Waals surface area contributed by atoms with E-state index in [0.29, 0.717) is 23.9 Å². The first kappa shape index (κ1) is 14.9. The minimum absolute atomic E-state index is 0.0262. The zero-order valence-electron chi connectivity index (χ0n) is 11.3. The van der Waals surface area contributed by atoms with Crippen molar-refractivity contribution in [3.05, 3.63) is 41.9 Å². The molecule has 1 N–H and O–H groups in total.